The summed E-state index contributed by atoms with van der Waals surface area (Å²) in [5, 5.41) is 5.70. The molecular formula is C19H27N3O3. The zero-order valence-electron chi connectivity index (χ0n) is 15.5. The van der Waals surface area contributed by atoms with Gasteiger partial charge in [0.25, 0.3) is 5.91 Å². The average molecular weight is 345 g/mol. The van der Waals surface area contributed by atoms with Gasteiger partial charge in [0.1, 0.15) is 6.04 Å². The number of ketones is 1. The Balaban J connectivity index is 2.33. The Morgan fingerprint density at radius 2 is 1.80 bits per heavy atom. The van der Waals surface area contributed by atoms with E-state index in [0.29, 0.717) is 6.42 Å². The SMILES string of the molecule is CN[C@@H](C)C(=O)N[C@H](C(=O)N1c2ccccc2C[C@H]1C(C)=O)C(C)C. The number of anilines is 1. The molecule has 1 aliphatic rings. The van der Waals surface area contributed by atoms with E-state index in [9.17, 15) is 14.4 Å². The van der Waals surface area contributed by atoms with Gasteiger partial charge in [0.15, 0.2) is 5.78 Å². The molecule has 1 aromatic rings. The molecule has 136 valence electrons. The molecule has 0 radical (unpaired) electrons. The van der Waals surface area contributed by atoms with Crippen molar-refractivity contribution in [3.63, 3.8) is 0 Å². The van der Waals surface area contributed by atoms with Gasteiger partial charge >= 0.3 is 0 Å². The third-order valence-corrected chi connectivity index (χ3v) is 4.74. The van der Waals surface area contributed by atoms with Crippen LogP contribution in [0.15, 0.2) is 24.3 Å². The van der Waals surface area contributed by atoms with E-state index in [2.05, 4.69) is 10.6 Å². The number of carbonyl (C=O) groups excluding carboxylic acids is 3. The lowest BCUT2D eigenvalue weighted by atomic mass is 10.0. The summed E-state index contributed by atoms with van der Waals surface area (Å²) < 4.78 is 0. The van der Waals surface area contributed by atoms with Gasteiger partial charge in [0.05, 0.1) is 12.1 Å². The Bertz CT molecular complexity index is 672. The first-order chi connectivity index (χ1) is 11.8. The first kappa shape index (κ1) is 19.1. The van der Waals surface area contributed by atoms with Gasteiger partial charge in [-0.15, -0.1) is 0 Å². The number of hydrogen-bond acceptors (Lipinski definition) is 4. The molecule has 0 unspecified atom stereocenters. The first-order valence-electron chi connectivity index (χ1n) is 8.67. The maximum atomic E-state index is 13.2. The van der Waals surface area contributed by atoms with Crippen molar-refractivity contribution in [2.24, 2.45) is 5.92 Å². The van der Waals surface area contributed by atoms with Gasteiger partial charge in [-0.1, -0.05) is 32.0 Å². The van der Waals surface area contributed by atoms with Crippen LogP contribution >= 0.6 is 0 Å². The van der Waals surface area contributed by atoms with Crippen molar-refractivity contribution in [3.05, 3.63) is 29.8 Å². The lowest BCUT2D eigenvalue weighted by molar-refractivity contribution is -0.130. The standard InChI is InChI=1S/C19H27N3O3/c1-11(2)17(21-18(24)12(3)20-5)19(25)22-15-9-7-6-8-14(15)10-16(22)13(4)23/h6-9,11-12,16-17,20H,10H2,1-5H3,(H,21,24)/t12-,16-,17-/m0/s1. The molecule has 0 spiro atoms. The molecule has 2 N–H and O–H groups in total. The molecule has 3 atom stereocenters. The number of carbonyl (C=O) groups is 3. The van der Waals surface area contributed by atoms with E-state index in [-0.39, 0.29) is 23.5 Å². The fourth-order valence-electron chi connectivity index (χ4n) is 3.06. The predicted octanol–water partition coefficient (Wildman–Crippen LogP) is 1.28. The van der Waals surface area contributed by atoms with E-state index in [4.69, 9.17) is 0 Å². The van der Waals surface area contributed by atoms with E-state index in [1.54, 1.807) is 18.9 Å². The molecule has 25 heavy (non-hydrogen) atoms. The Morgan fingerprint density at radius 1 is 1.16 bits per heavy atom. The Kier molecular flexibility index (Phi) is 5.95. The molecule has 1 aliphatic heterocycles. The third kappa shape index (κ3) is 3.90. The summed E-state index contributed by atoms with van der Waals surface area (Å²) in [7, 11) is 1.69. The van der Waals surface area contributed by atoms with E-state index >= 15 is 0 Å². The summed E-state index contributed by atoms with van der Waals surface area (Å²) in [4.78, 5) is 39.2. The van der Waals surface area contributed by atoms with Crippen LogP contribution in [0.1, 0.15) is 33.3 Å². The van der Waals surface area contributed by atoms with E-state index in [1.165, 1.54) is 6.92 Å². The number of rotatable bonds is 6. The van der Waals surface area contributed by atoms with Gasteiger partial charge in [-0.3, -0.25) is 19.3 Å². The highest BCUT2D eigenvalue weighted by atomic mass is 16.2. The second-order valence-corrected chi connectivity index (χ2v) is 6.91. The van der Waals surface area contributed by atoms with Gasteiger partial charge in [-0.2, -0.15) is 0 Å². The van der Waals surface area contributed by atoms with Crippen LogP contribution in [0, 0.1) is 5.92 Å². The molecule has 0 saturated carbocycles. The normalized spacial score (nSPS) is 18.6. The summed E-state index contributed by atoms with van der Waals surface area (Å²) in [6, 6.07) is 5.95. The molecule has 0 aliphatic carbocycles. The molecule has 1 heterocycles. The highest BCUT2D eigenvalue weighted by molar-refractivity contribution is 6.06. The Labute approximate surface area is 149 Å². The lowest BCUT2D eigenvalue weighted by Gasteiger charge is -2.31. The minimum absolute atomic E-state index is 0.0537. The van der Waals surface area contributed by atoms with Crippen LogP contribution in [0.4, 0.5) is 5.69 Å². The highest BCUT2D eigenvalue weighted by Gasteiger charge is 2.40. The summed E-state index contributed by atoms with van der Waals surface area (Å²) in [6.45, 7) is 7.01. The van der Waals surface area contributed by atoms with Crippen LogP contribution in [0.2, 0.25) is 0 Å². The van der Waals surface area contributed by atoms with Crippen molar-refractivity contribution < 1.29 is 14.4 Å². The molecule has 0 bridgehead atoms. The number of benzene rings is 1. The van der Waals surface area contributed by atoms with Crippen LogP contribution in [0.25, 0.3) is 0 Å². The van der Waals surface area contributed by atoms with Crippen LogP contribution in [-0.4, -0.2) is 42.8 Å². The Morgan fingerprint density at radius 3 is 2.36 bits per heavy atom. The summed E-state index contributed by atoms with van der Waals surface area (Å²) in [5.41, 5.74) is 1.74. The van der Waals surface area contributed by atoms with Crippen LogP contribution in [-0.2, 0) is 20.8 Å². The fraction of sp³-hybridized carbons (Fsp3) is 0.526. The van der Waals surface area contributed by atoms with Gasteiger partial charge in [0.2, 0.25) is 5.91 Å². The molecular weight excluding hydrogens is 318 g/mol. The molecule has 0 saturated heterocycles. The number of nitrogens with zero attached hydrogens (tertiary/aromatic N) is 1. The molecule has 6 heteroatoms. The van der Waals surface area contributed by atoms with Gasteiger partial charge in [-0.25, -0.2) is 0 Å². The number of para-hydroxylation sites is 1. The number of hydrogen-bond donors (Lipinski definition) is 2. The predicted molar refractivity (Wildman–Crippen MR) is 97.4 cm³/mol. The van der Waals surface area contributed by atoms with E-state index < -0.39 is 18.1 Å². The van der Waals surface area contributed by atoms with Gasteiger partial charge < -0.3 is 10.6 Å². The highest BCUT2D eigenvalue weighted by Crippen LogP contribution is 2.33. The maximum absolute atomic E-state index is 13.2. The molecule has 6 nitrogen and oxygen atoms in total. The monoisotopic (exact) mass is 345 g/mol. The summed E-state index contributed by atoms with van der Waals surface area (Å²) >= 11 is 0. The maximum Gasteiger partial charge on any atom is 0.250 e. The molecule has 2 rings (SSSR count). The third-order valence-electron chi connectivity index (χ3n) is 4.74. The summed E-state index contributed by atoms with van der Waals surface area (Å²) in [6.07, 6.45) is 0.517. The van der Waals surface area contributed by atoms with Crippen molar-refractivity contribution in [3.8, 4) is 0 Å². The first-order valence-corrected chi connectivity index (χ1v) is 8.67. The van der Waals surface area contributed by atoms with E-state index in [1.807, 2.05) is 38.1 Å². The zero-order valence-corrected chi connectivity index (χ0v) is 15.5. The quantitative estimate of drug-likeness (QED) is 0.814. The number of amides is 2. The summed E-state index contributed by atoms with van der Waals surface area (Å²) in [5.74, 6) is -0.624. The van der Waals surface area contributed by atoms with Crippen molar-refractivity contribution in [1.82, 2.24) is 10.6 Å². The van der Waals surface area contributed by atoms with Crippen molar-refractivity contribution in [2.45, 2.75) is 52.2 Å². The fourth-order valence-corrected chi connectivity index (χ4v) is 3.06. The average Bonchev–Trinajstić information content (AvgIpc) is 2.97. The van der Waals surface area contributed by atoms with Crippen LogP contribution in [0.3, 0.4) is 0 Å². The molecule has 0 fully saturated rings. The smallest absolute Gasteiger partial charge is 0.250 e. The second-order valence-electron chi connectivity index (χ2n) is 6.91. The largest absolute Gasteiger partial charge is 0.343 e. The van der Waals surface area contributed by atoms with Crippen LogP contribution in [0.5, 0.6) is 0 Å². The molecule has 0 aromatic heterocycles. The molecule has 1 aromatic carbocycles. The van der Waals surface area contributed by atoms with E-state index in [0.717, 1.165) is 11.3 Å². The number of Topliss-reactive ketones (excluding diaryl/α,β-unsaturated/α-hetero) is 1. The minimum atomic E-state index is -0.684. The van der Waals surface area contributed by atoms with Crippen molar-refractivity contribution in [1.29, 1.82) is 0 Å². The van der Waals surface area contributed by atoms with Crippen LogP contribution < -0.4 is 15.5 Å². The van der Waals surface area contributed by atoms with Crippen molar-refractivity contribution in [2.75, 3.05) is 11.9 Å². The van der Waals surface area contributed by atoms with Gasteiger partial charge in [0, 0.05) is 12.1 Å². The second kappa shape index (κ2) is 7.78. The topological polar surface area (TPSA) is 78.5 Å². The lowest BCUT2D eigenvalue weighted by Crippen LogP contribution is -2.56. The van der Waals surface area contributed by atoms with Gasteiger partial charge in [-0.05, 0) is 38.4 Å². The Hall–Kier alpha value is -2.21. The van der Waals surface area contributed by atoms with Crippen molar-refractivity contribution >= 4 is 23.3 Å². The zero-order chi connectivity index (χ0) is 18.7. The molecule has 2 amide bonds. The minimum Gasteiger partial charge on any atom is -0.343 e. The number of likely N-dealkylation sites (N-methyl/N-ethyl adjacent to an activating group) is 1. The number of fused-ring (bicyclic) bond motifs is 1. The number of nitrogens with one attached hydrogen (secondary N) is 2.